The highest BCUT2D eigenvalue weighted by molar-refractivity contribution is 8.17. The second-order valence-corrected chi connectivity index (χ2v) is 3.98. The Kier molecular flexibility index (Phi) is 1.86. The van der Waals surface area contributed by atoms with Gasteiger partial charge in [0.05, 0.1) is 0 Å². The van der Waals surface area contributed by atoms with Gasteiger partial charge in [0.1, 0.15) is 0 Å². The summed E-state index contributed by atoms with van der Waals surface area (Å²) in [5.74, 6) is 0. The molecule has 1 nitrogen and oxygen atoms in total. The zero-order chi connectivity index (χ0) is 7.68. The van der Waals surface area contributed by atoms with Crippen molar-refractivity contribution in [2.24, 2.45) is 0 Å². The molecule has 0 radical (unpaired) electrons. The molecule has 2 aliphatic rings. The second-order valence-electron chi connectivity index (χ2n) is 2.88. The van der Waals surface area contributed by atoms with Crippen LogP contribution in [0.2, 0.25) is 0 Å². The van der Waals surface area contributed by atoms with Gasteiger partial charge in [-0.15, -0.1) is 0 Å². The van der Waals surface area contributed by atoms with Crippen LogP contribution in [0.4, 0.5) is 0 Å². The summed E-state index contributed by atoms with van der Waals surface area (Å²) in [5, 5.41) is 0.329. The molecule has 58 valence electrons. The number of rotatable bonds is 0. The van der Waals surface area contributed by atoms with Gasteiger partial charge in [0.2, 0.25) is 0 Å². The SMILES string of the molecule is O=C1CCC2=C(C=CCC2)S1. The van der Waals surface area contributed by atoms with Crippen molar-refractivity contribution in [1.29, 1.82) is 0 Å². The van der Waals surface area contributed by atoms with Gasteiger partial charge in [0, 0.05) is 11.3 Å². The first-order valence-corrected chi connectivity index (χ1v) is 4.77. The average molecular weight is 166 g/mol. The summed E-state index contributed by atoms with van der Waals surface area (Å²) in [6.07, 6.45) is 8.34. The van der Waals surface area contributed by atoms with E-state index in [0.29, 0.717) is 5.12 Å². The van der Waals surface area contributed by atoms with Crippen LogP contribution in [0.15, 0.2) is 22.6 Å². The van der Waals surface area contributed by atoms with E-state index >= 15 is 0 Å². The van der Waals surface area contributed by atoms with Gasteiger partial charge < -0.3 is 0 Å². The van der Waals surface area contributed by atoms with Crippen molar-refractivity contribution < 1.29 is 4.79 Å². The molecule has 0 N–H and O–H groups in total. The zero-order valence-corrected chi connectivity index (χ0v) is 7.12. The molecule has 11 heavy (non-hydrogen) atoms. The molecule has 0 unspecified atom stereocenters. The quantitative estimate of drug-likeness (QED) is 0.550. The van der Waals surface area contributed by atoms with Crippen molar-refractivity contribution in [3.8, 4) is 0 Å². The predicted molar refractivity (Wildman–Crippen MR) is 47.2 cm³/mol. The molecule has 0 spiro atoms. The highest BCUT2D eigenvalue weighted by Gasteiger charge is 2.18. The van der Waals surface area contributed by atoms with Gasteiger partial charge in [-0.3, -0.25) is 4.79 Å². The van der Waals surface area contributed by atoms with E-state index in [2.05, 4.69) is 12.2 Å². The van der Waals surface area contributed by atoms with Crippen LogP contribution in [-0.4, -0.2) is 5.12 Å². The molecule has 2 heteroatoms. The Labute approximate surface area is 70.6 Å². The minimum absolute atomic E-state index is 0.329. The highest BCUT2D eigenvalue weighted by atomic mass is 32.2. The lowest BCUT2D eigenvalue weighted by Gasteiger charge is -2.18. The average Bonchev–Trinajstić information content (AvgIpc) is 2.04. The number of allylic oxidation sites excluding steroid dienone is 3. The van der Waals surface area contributed by atoms with Gasteiger partial charge in [-0.2, -0.15) is 0 Å². The van der Waals surface area contributed by atoms with Crippen LogP contribution >= 0.6 is 11.8 Å². The maximum atomic E-state index is 11.0. The van der Waals surface area contributed by atoms with Gasteiger partial charge in [0.15, 0.2) is 5.12 Å². The molecule has 0 aromatic rings. The molecule has 0 aromatic heterocycles. The molecule has 2 rings (SSSR count). The first kappa shape index (κ1) is 7.17. The summed E-state index contributed by atoms with van der Waals surface area (Å²) in [6, 6.07) is 0. The Morgan fingerprint density at radius 1 is 1.27 bits per heavy atom. The first-order valence-electron chi connectivity index (χ1n) is 3.95. The number of thioether (sulfide) groups is 1. The summed E-state index contributed by atoms with van der Waals surface area (Å²) in [5.41, 5.74) is 1.50. The van der Waals surface area contributed by atoms with Gasteiger partial charge in [-0.25, -0.2) is 0 Å². The molecule has 0 saturated heterocycles. The molecular weight excluding hydrogens is 156 g/mol. The van der Waals surface area contributed by atoms with Crippen LogP contribution in [-0.2, 0) is 4.79 Å². The van der Waals surface area contributed by atoms with Gasteiger partial charge in [-0.05, 0) is 19.3 Å². The zero-order valence-electron chi connectivity index (χ0n) is 6.30. The second kappa shape index (κ2) is 2.86. The van der Waals surface area contributed by atoms with Gasteiger partial charge in [0.25, 0.3) is 0 Å². The smallest absolute Gasteiger partial charge is 0.194 e. The minimum atomic E-state index is 0.329. The molecular formula is C9H10OS. The largest absolute Gasteiger partial charge is 0.287 e. The van der Waals surface area contributed by atoms with Crippen molar-refractivity contribution in [3.05, 3.63) is 22.6 Å². The fourth-order valence-corrected chi connectivity index (χ4v) is 2.43. The molecule has 0 atom stereocenters. The van der Waals surface area contributed by atoms with E-state index in [1.54, 1.807) is 0 Å². The maximum absolute atomic E-state index is 11.0. The third-order valence-electron chi connectivity index (χ3n) is 2.09. The lowest BCUT2D eigenvalue weighted by molar-refractivity contribution is -0.111. The fraction of sp³-hybridized carbons (Fsp3) is 0.444. The van der Waals surface area contributed by atoms with Crippen LogP contribution in [0, 0.1) is 0 Å². The third-order valence-corrected chi connectivity index (χ3v) is 3.16. The highest BCUT2D eigenvalue weighted by Crippen LogP contribution is 2.36. The van der Waals surface area contributed by atoms with Crippen molar-refractivity contribution in [2.45, 2.75) is 25.7 Å². The maximum Gasteiger partial charge on any atom is 0.194 e. The number of hydrogen-bond acceptors (Lipinski definition) is 2. The molecule has 0 aromatic carbocycles. The fourth-order valence-electron chi connectivity index (χ4n) is 1.47. The van der Waals surface area contributed by atoms with Gasteiger partial charge >= 0.3 is 0 Å². The summed E-state index contributed by atoms with van der Waals surface area (Å²) >= 11 is 1.42. The van der Waals surface area contributed by atoms with E-state index in [-0.39, 0.29) is 0 Å². The molecule has 0 fully saturated rings. The van der Waals surface area contributed by atoms with Crippen LogP contribution < -0.4 is 0 Å². The third kappa shape index (κ3) is 1.41. The van der Waals surface area contributed by atoms with E-state index in [0.717, 1.165) is 19.3 Å². The Morgan fingerprint density at radius 3 is 3.09 bits per heavy atom. The number of hydrogen-bond donors (Lipinski definition) is 0. The van der Waals surface area contributed by atoms with Gasteiger partial charge in [-0.1, -0.05) is 29.5 Å². The standard InChI is InChI=1S/C9H10OS/c10-9-6-5-7-3-1-2-4-8(7)11-9/h2,4H,1,3,5-6H2. The lowest BCUT2D eigenvalue weighted by Crippen LogP contribution is -2.04. The van der Waals surface area contributed by atoms with Crippen molar-refractivity contribution in [1.82, 2.24) is 0 Å². The predicted octanol–water partition coefficient (Wildman–Crippen LogP) is 2.64. The number of carbonyl (C=O) groups is 1. The van der Waals surface area contributed by atoms with E-state index in [1.165, 1.54) is 28.7 Å². The van der Waals surface area contributed by atoms with Crippen LogP contribution in [0.1, 0.15) is 25.7 Å². The van der Waals surface area contributed by atoms with E-state index < -0.39 is 0 Å². The topological polar surface area (TPSA) is 17.1 Å². The molecule has 0 saturated carbocycles. The normalized spacial score (nSPS) is 23.8. The summed E-state index contributed by atoms with van der Waals surface area (Å²) in [4.78, 5) is 12.2. The van der Waals surface area contributed by atoms with Crippen LogP contribution in [0.3, 0.4) is 0 Å². The van der Waals surface area contributed by atoms with E-state index in [4.69, 9.17) is 0 Å². The lowest BCUT2D eigenvalue weighted by atomic mass is 10.0. The van der Waals surface area contributed by atoms with Crippen LogP contribution in [0.5, 0.6) is 0 Å². The Balaban J connectivity index is 2.26. The molecule has 1 heterocycles. The monoisotopic (exact) mass is 166 g/mol. The molecule has 1 aliphatic carbocycles. The van der Waals surface area contributed by atoms with Crippen LogP contribution in [0.25, 0.3) is 0 Å². The Morgan fingerprint density at radius 2 is 2.18 bits per heavy atom. The van der Waals surface area contributed by atoms with Crippen molar-refractivity contribution in [2.75, 3.05) is 0 Å². The molecule has 1 aliphatic heterocycles. The molecule has 0 bridgehead atoms. The van der Waals surface area contributed by atoms with Crippen molar-refractivity contribution in [3.63, 3.8) is 0 Å². The molecule has 0 amide bonds. The van der Waals surface area contributed by atoms with E-state index in [9.17, 15) is 4.79 Å². The summed E-state index contributed by atoms with van der Waals surface area (Å²) < 4.78 is 0. The Hall–Kier alpha value is -0.500. The number of carbonyl (C=O) groups excluding carboxylic acids is 1. The van der Waals surface area contributed by atoms with Crippen molar-refractivity contribution >= 4 is 16.9 Å². The summed E-state index contributed by atoms with van der Waals surface area (Å²) in [7, 11) is 0. The Bertz CT molecular complexity index is 250. The van der Waals surface area contributed by atoms with E-state index in [1.807, 2.05) is 0 Å². The first-order chi connectivity index (χ1) is 5.36. The minimum Gasteiger partial charge on any atom is -0.287 e. The summed E-state index contributed by atoms with van der Waals surface area (Å²) in [6.45, 7) is 0.